The second kappa shape index (κ2) is 4.99. The zero-order chi connectivity index (χ0) is 13.1. The van der Waals surface area contributed by atoms with E-state index in [4.69, 9.17) is 0 Å². The van der Waals surface area contributed by atoms with Crippen LogP contribution in [0.4, 0.5) is 13.2 Å². The number of halogens is 3. The Morgan fingerprint density at radius 2 is 1.59 bits per heavy atom. The van der Waals surface area contributed by atoms with Crippen LogP contribution in [0.15, 0.2) is 24.3 Å². The Balaban J connectivity index is 2.67. The molecule has 0 N–H and O–H groups in total. The second-order valence-corrected chi connectivity index (χ2v) is 3.32. The van der Waals surface area contributed by atoms with E-state index in [1.165, 1.54) is 31.2 Å². The Labute approximate surface area is 95.2 Å². The SMILES string of the molecule is CC(=O)c1ccc(C(=O)OCC(F)(F)F)cc1. The summed E-state index contributed by atoms with van der Waals surface area (Å²) >= 11 is 0. The van der Waals surface area contributed by atoms with Crippen molar-refractivity contribution in [2.75, 3.05) is 6.61 Å². The Morgan fingerprint density at radius 1 is 1.12 bits per heavy atom. The summed E-state index contributed by atoms with van der Waals surface area (Å²) < 4.78 is 39.4. The number of benzene rings is 1. The first-order valence-electron chi connectivity index (χ1n) is 4.64. The standard InChI is InChI=1S/C11H9F3O3/c1-7(15)8-2-4-9(5-3-8)10(16)17-6-11(12,13)14/h2-5H,6H2,1H3. The first-order chi connectivity index (χ1) is 7.79. The molecule has 1 aromatic rings. The van der Waals surface area contributed by atoms with Gasteiger partial charge >= 0.3 is 12.1 Å². The number of alkyl halides is 3. The normalized spacial score (nSPS) is 11.1. The predicted octanol–water partition coefficient (Wildman–Crippen LogP) is 2.61. The first kappa shape index (κ1) is 13.2. The van der Waals surface area contributed by atoms with Gasteiger partial charge in [0.2, 0.25) is 0 Å². The summed E-state index contributed by atoms with van der Waals surface area (Å²) in [5.74, 6) is -1.27. The summed E-state index contributed by atoms with van der Waals surface area (Å²) in [5.41, 5.74) is 0.344. The van der Waals surface area contributed by atoms with Crippen molar-refractivity contribution in [1.29, 1.82) is 0 Å². The Kier molecular flexibility index (Phi) is 3.88. The van der Waals surface area contributed by atoms with Crippen molar-refractivity contribution in [3.63, 3.8) is 0 Å². The third kappa shape index (κ3) is 4.26. The fourth-order valence-electron chi connectivity index (χ4n) is 1.07. The Morgan fingerprint density at radius 3 is 2.00 bits per heavy atom. The number of carbonyl (C=O) groups is 2. The first-order valence-corrected chi connectivity index (χ1v) is 4.64. The molecule has 0 bridgehead atoms. The average molecular weight is 246 g/mol. The van der Waals surface area contributed by atoms with Gasteiger partial charge < -0.3 is 4.74 Å². The van der Waals surface area contributed by atoms with E-state index in [0.717, 1.165) is 0 Å². The quantitative estimate of drug-likeness (QED) is 0.608. The molecule has 0 fully saturated rings. The summed E-state index contributed by atoms with van der Waals surface area (Å²) in [6.45, 7) is -0.280. The van der Waals surface area contributed by atoms with Crippen LogP contribution in [-0.4, -0.2) is 24.5 Å². The van der Waals surface area contributed by atoms with Gasteiger partial charge in [-0.05, 0) is 19.1 Å². The zero-order valence-electron chi connectivity index (χ0n) is 8.88. The van der Waals surface area contributed by atoms with E-state index < -0.39 is 18.8 Å². The number of hydrogen-bond acceptors (Lipinski definition) is 3. The highest BCUT2D eigenvalue weighted by molar-refractivity contribution is 5.96. The number of hydrogen-bond donors (Lipinski definition) is 0. The molecular weight excluding hydrogens is 237 g/mol. The predicted molar refractivity (Wildman–Crippen MR) is 52.8 cm³/mol. The van der Waals surface area contributed by atoms with Crippen molar-refractivity contribution in [3.8, 4) is 0 Å². The van der Waals surface area contributed by atoms with Crippen molar-refractivity contribution >= 4 is 11.8 Å². The fraction of sp³-hybridized carbons (Fsp3) is 0.273. The minimum atomic E-state index is -4.55. The van der Waals surface area contributed by atoms with E-state index in [-0.39, 0.29) is 11.3 Å². The maximum atomic E-state index is 11.8. The summed E-state index contributed by atoms with van der Waals surface area (Å²) in [5, 5.41) is 0. The third-order valence-electron chi connectivity index (χ3n) is 1.89. The number of carbonyl (C=O) groups excluding carboxylic acids is 2. The van der Waals surface area contributed by atoms with Gasteiger partial charge in [-0.2, -0.15) is 13.2 Å². The van der Waals surface area contributed by atoms with E-state index in [1.54, 1.807) is 0 Å². The van der Waals surface area contributed by atoms with Crippen molar-refractivity contribution in [3.05, 3.63) is 35.4 Å². The molecule has 17 heavy (non-hydrogen) atoms. The Bertz CT molecular complexity index is 421. The van der Waals surface area contributed by atoms with E-state index in [0.29, 0.717) is 5.56 Å². The number of Topliss-reactive ketones (excluding diaryl/α,β-unsaturated/α-hetero) is 1. The number of ether oxygens (including phenoxy) is 1. The number of rotatable bonds is 3. The molecule has 0 radical (unpaired) electrons. The minimum absolute atomic E-state index is 0.0285. The van der Waals surface area contributed by atoms with Gasteiger partial charge in [-0.1, -0.05) is 12.1 Å². The van der Waals surface area contributed by atoms with Gasteiger partial charge in [-0.25, -0.2) is 4.79 Å². The maximum Gasteiger partial charge on any atom is 0.422 e. The molecule has 0 heterocycles. The summed E-state index contributed by atoms with van der Waals surface area (Å²) in [6.07, 6.45) is -4.55. The van der Waals surface area contributed by atoms with Crippen molar-refractivity contribution in [1.82, 2.24) is 0 Å². The summed E-state index contributed by atoms with van der Waals surface area (Å²) in [7, 11) is 0. The van der Waals surface area contributed by atoms with Gasteiger partial charge in [0.15, 0.2) is 12.4 Å². The average Bonchev–Trinajstić information content (AvgIpc) is 2.25. The van der Waals surface area contributed by atoms with E-state index >= 15 is 0 Å². The van der Waals surface area contributed by atoms with Crippen molar-refractivity contribution in [2.24, 2.45) is 0 Å². The molecule has 0 saturated heterocycles. The van der Waals surface area contributed by atoms with Crippen LogP contribution in [0.3, 0.4) is 0 Å². The van der Waals surface area contributed by atoms with E-state index in [2.05, 4.69) is 4.74 Å². The molecule has 0 aliphatic rings. The largest absolute Gasteiger partial charge is 0.452 e. The van der Waals surface area contributed by atoms with Gasteiger partial charge in [0.25, 0.3) is 0 Å². The number of ketones is 1. The topological polar surface area (TPSA) is 43.4 Å². The molecule has 0 atom stereocenters. The lowest BCUT2D eigenvalue weighted by Crippen LogP contribution is -2.20. The summed E-state index contributed by atoms with van der Waals surface area (Å²) in [4.78, 5) is 22.1. The van der Waals surface area contributed by atoms with Gasteiger partial charge in [-0.15, -0.1) is 0 Å². The molecule has 0 amide bonds. The maximum absolute atomic E-state index is 11.8. The van der Waals surface area contributed by atoms with E-state index in [9.17, 15) is 22.8 Å². The smallest absolute Gasteiger partial charge is 0.422 e. The molecule has 1 aromatic carbocycles. The van der Waals surface area contributed by atoms with E-state index in [1.807, 2.05) is 0 Å². The lowest BCUT2D eigenvalue weighted by Gasteiger charge is -2.07. The molecule has 6 heteroatoms. The third-order valence-corrected chi connectivity index (χ3v) is 1.89. The second-order valence-electron chi connectivity index (χ2n) is 3.32. The molecule has 0 saturated carbocycles. The Hall–Kier alpha value is -1.85. The monoisotopic (exact) mass is 246 g/mol. The number of esters is 1. The molecular formula is C11H9F3O3. The molecule has 1 rings (SSSR count). The highest BCUT2D eigenvalue weighted by Crippen LogP contribution is 2.16. The van der Waals surface area contributed by atoms with Crippen LogP contribution in [0.5, 0.6) is 0 Å². The molecule has 0 spiro atoms. The van der Waals surface area contributed by atoms with Crippen LogP contribution >= 0.6 is 0 Å². The fourth-order valence-corrected chi connectivity index (χ4v) is 1.07. The van der Waals surface area contributed by atoms with Gasteiger partial charge in [0.05, 0.1) is 5.56 Å². The molecule has 0 aromatic heterocycles. The van der Waals surface area contributed by atoms with Crippen LogP contribution in [0.1, 0.15) is 27.6 Å². The van der Waals surface area contributed by atoms with Gasteiger partial charge in [0, 0.05) is 5.56 Å². The zero-order valence-corrected chi connectivity index (χ0v) is 8.88. The van der Waals surface area contributed by atoms with Crippen LogP contribution in [0.2, 0.25) is 0 Å². The van der Waals surface area contributed by atoms with Crippen LogP contribution < -0.4 is 0 Å². The highest BCUT2D eigenvalue weighted by Gasteiger charge is 2.29. The van der Waals surface area contributed by atoms with Gasteiger partial charge in [0.1, 0.15) is 0 Å². The van der Waals surface area contributed by atoms with Crippen LogP contribution in [0.25, 0.3) is 0 Å². The molecule has 92 valence electrons. The lowest BCUT2D eigenvalue weighted by molar-refractivity contribution is -0.161. The molecule has 0 aliphatic carbocycles. The van der Waals surface area contributed by atoms with Gasteiger partial charge in [-0.3, -0.25) is 4.79 Å². The van der Waals surface area contributed by atoms with Crippen LogP contribution in [-0.2, 0) is 4.74 Å². The molecule has 0 unspecified atom stereocenters. The van der Waals surface area contributed by atoms with Crippen molar-refractivity contribution < 1.29 is 27.5 Å². The lowest BCUT2D eigenvalue weighted by atomic mass is 10.1. The van der Waals surface area contributed by atoms with Crippen molar-refractivity contribution in [2.45, 2.75) is 13.1 Å². The molecule has 0 aliphatic heterocycles. The summed E-state index contributed by atoms with van der Waals surface area (Å²) in [6, 6.07) is 5.20. The molecule has 3 nitrogen and oxygen atoms in total. The minimum Gasteiger partial charge on any atom is -0.452 e. The highest BCUT2D eigenvalue weighted by atomic mass is 19.4. The van der Waals surface area contributed by atoms with Crippen LogP contribution in [0, 0.1) is 0 Å².